The number of aryl methyl sites for hydroxylation is 1. The highest BCUT2D eigenvalue weighted by Gasteiger charge is 2.59. The Bertz CT molecular complexity index is 2460. The quantitative estimate of drug-likeness (QED) is 0.0933. The minimum atomic E-state index is -4.45. The predicted molar refractivity (Wildman–Crippen MR) is 183 cm³/mol. The number of nitrogens with zero attached hydrogens (tertiary/aromatic N) is 6. The molecule has 6 aromatic heterocycles. The van der Waals surface area contributed by atoms with Crippen LogP contribution in [0.5, 0.6) is 0 Å². The molecule has 0 aromatic carbocycles. The Labute approximate surface area is 299 Å². The molecule has 4 atom stereocenters. The number of nitrogen functional groups attached to an aromatic ring is 1. The lowest BCUT2D eigenvalue weighted by molar-refractivity contribution is -0.154. The molecule has 14 nitrogen and oxygen atoms in total. The number of carbonyl (C=O) groups is 2. The molecule has 6 aromatic rings. The Morgan fingerprint density at radius 1 is 0.759 bits per heavy atom. The second-order valence-electron chi connectivity index (χ2n) is 13.3. The standard InChI is InChI=1S/C34H28F6N12O2/c1-13-18(10-45-51-13)24-3-15-5-28(50-32(54)17-7-23(17)34(38,39)40)43-9-20(15)30(48-24)44-12-26-21(11-46-52-26)25-2-14-4-27(42-8-19(14)29(41)47-25)49-31(53)16-6-22(16)33(35,36)37/h2-5,8-11,16-17,22-23H,6-7,12H2,1H3,(H2,41,47)(H,44,48)(H,45,51)(H,46,52)(H,42,49,53)(H,43,50,54)/t16-,17?,22-,23?/m1/s1. The zero-order chi connectivity index (χ0) is 38.1. The maximum Gasteiger partial charge on any atom is 0.392 e. The first kappa shape index (κ1) is 34.7. The van der Waals surface area contributed by atoms with Crippen molar-refractivity contribution in [2.24, 2.45) is 23.7 Å². The Kier molecular flexibility index (Phi) is 8.14. The molecule has 2 amide bonds. The largest absolute Gasteiger partial charge is 0.392 e. The number of fused-ring (bicyclic) bond motifs is 2. The zero-order valence-corrected chi connectivity index (χ0v) is 27.9. The number of anilines is 4. The number of nitrogens with two attached hydrogens (primary N) is 1. The molecule has 2 aliphatic rings. The van der Waals surface area contributed by atoms with E-state index in [9.17, 15) is 35.9 Å². The molecular formula is C34H28F6N12O2. The smallest absolute Gasteiger partial charge is 0.383 e. The number of carbonyl (C=O) groups excluding carboxylic acids is 2. The second kappa shape index (κ2) is 12.7. The molecule has 2 unspecified atom stereocenters. The van der Waals surface area contributed by atoms with Crippen molar-refractivity contribution in [3.8, 4) is 22.5 Å². The average Bonchev–Trinajstić information content (AvgIpc) is 4.01. The van der Waals surface area contributed by atoms with E-state index in [2.05, 4.69) is 51.3 Å². The van der Waals surface area contributed by atoms with Gasteiger partial charge >= 0.3 is 12.4 Å². The van der Waals surface area contributed by atoms with E-state index in [-0.39, 0.29) is 36.8 Å². The minimum absolute atomic E-state index is 0.0611. The molecule has 2 aliphatic carbocycles. The van der Waals surface area contributed by atoms with Crippen molar-refractivity contribution in [3.63, 3.8) is 0 Å². The molecule has 54 heavy (non-hydrogen) atoms. The Morgan fingerprint density at radius 2 is 1.30 bits per heavy atom. The SMILES string of the molecule is Cc1[nH]ncc1-c1cc2cc(NC(=O)C3CC3C(F)(F)F)ncc2c(NCc2[nH]ncc2-c2cc3cc(NC(=O)[C@@H]4C[C@H]4C(F)(F)F)ncc3c(N)n2)n1. The summed E-state index contributed by atoms with van der Waals surface area (Å²) in [5.74, 6) is -6.56. The van der Waals surface area contributed by atoms with Gasteiger partial charge < -0.3 is 21.7 Å². The van der Waals surface area contributed by atoms with Gasteiger partial charge in [-0.25, -0.2) is 19.9 Å². The van der Waals surface area contributed by atoms with Gasteiger partial charge in [0.05, 0.1) is 59.7 Å². The normalized spacial score (nSPS) is 19.5. The van der Waals surface area contributed by atoms with E-state index in [1.165, 1.54) is 24.7 Å². The summed E-state index contributed by atoms with van der Waals surface area (Å²) in [6.45, 7) is 1.94. The molecule has 0 aliphatic heterocycles. The van der Waals surface area contributed by atoms with E-state index in [1.54, 1.807) is 24.4 Å². The summed E-state index contributed by atoms with van der Waals surface area (Å²) in [6, 6.07) is 6.49. The number of H-pyrrole nitrogens is 2. The first-order chi connectivity index (χ1) is 25.6. The van der Waals surface area contributed by atoms with Crippen LogP contribution in [0.3, 0.4) is 0 Å². The number of alkyl halides is 6. The number of pyridine rings is 4. The van der Waals surface area contributed by atoms with Crippen LogP contribution in [0.1, 0.15) is 24.2 Å². The van der Waals surface area contributed by atoms with Gasteiger partial charge in [-0.1, -0.05) is 0 Å². The van der Waals surface area contributed by atoms with Gasteiger partial charge in [-0.15, -0.1) is 0 Å². The predicted octanol–water partition coefficient (Wildman–Crippen LogP) is 6.13. The van der Waals surface area contributed by atoms with E-state index in [1.807, 2.05) is 6.92 Å². The summed E-state index contributed by atoms with van der Waals surface area (Å²) < 4.78 is 78.2. The molecule has 2 saturated carbocycles. The monoisotopic (exact) mass is 750 g/mol. The maximum atomic E-state index is 13.1. The molecule has 0 saturated heterocycles. The van der Waals surface area contributed by atoms with Gasteiger partial charge in [0.15, 0.2) is 0 Å². The number of aromatic nitrogens is 8. The van der Waals surface area contributed by atoms with Crippen LogP contribution in [0.2, 0.25) is 0 Å². The molecule has 20 heteroatoms. The second-order valence-corrected chi connectivity index (χ2v) is 13.3. The van der Waals surface area contributed by atoms with Crippen molar-refractivity contribution >= 4 is 56.6 Å². The first-order valence-corrected chi connectivity index (χ1v) is 16.5. The summed E-state index contributed by atoms with van der Waals surface area (Å²) in [4.78, 5) is 42.8. The van der Waals surface area contributed by atoms with E-state index in [4.69, 9.17) is 10.7 Å². The van der Waals surface area contributed by atoms with Gasteiger partial charge in [-0.2, -0.15) is 36.5 Å². The summed E-state index contributed by atoms with van der Waals surface area (Å²) >= 11 is 0. The lowest BCUT2D eigenvalue weighted by Crippen LogP contribution is -2.20. The maximum absolute atomic E-state index is 13.1. The van der Waals surface area contributed by atoms with Crippen LogP contribution in [0, 0.1) is 30.6 Å². The Balaban J connectivity index is 1.05. The highest BCUT2D eigenvalue weighted by molar-refractivity contribution is 6.00. The van der Waals surface area contributed by atoms with Gasteiger partial charge in [-0.05, 0) is 54.8 Å². The molecule has 6 heterocycles. The topological polar surface area (TPSA) is 205 Å². The molecule has 0 spiro atoms. The third-order valence-corrected chi connectivity index (χ3v) is 9.59. The average molecular weight is 751 g/mol. The van der Waals surface area contributed by atoms with Crippen molar-refractivity contribution in [1.82, 2.24) is 40.3 Å². The fraction of sp³-hybridized carbons (Fsp3) is 0.294. The van der Waals surface area contributed by atoms with E-state index in [0.29, 0.717) is 55.6 Å². The number of hydrogen-bond acceptors (Lipinski definition) is 10. The molecule has 7 N–H and O–H groups in total. The lowest BCUT2D eigenvalue weighted by Gasteiger charge is -2.13. The first-order valence-electron chi connectivity index (χ1n) is 16.5. The van der Waals surface area contributed by atoms with Crippen LogP contribution in [0.15, 0.2) is 49.1 Å². The van der Waals surface area contributed by atoms with Crippen molar-refractivity contribution in [3.05, 3.63) is 60.4 Å². The third kappa shape index (κ3) is 6.69. The van der Waals surface area contributed by atoms with Crippen molar-refractivity contribution in [2.45, 2.75) is 38.7 Å². The molecule has 0 bridgehead atoms. The van der Waals surface area contributed by atoms with Gasteiger partial charge in [0, 0.05) is 40.0 Å². The summed E-state index contributed by atoms with van der Waals surface area (Å²) in [6.07, 6.45) is -3.46. The number of amides is 2. The fourth-order valence-electron chi connectivity index (χ4n) is 6.45. The number of halogens is 6. The molecular weight excluding hydrogens is 722 g/mol. The van der Waals surface area contributed by atoms with Crippen LogP contribution in [0.4, 0.5) is 49.6 Å². The molecule has 2 fully saturated rings. The van der Waals surface area contributed by atoms with E-state index >= 15 is 0 Å². The van der Waals surface area contributed by atoms with Crippen LogP contribution in [-0.2, 0) is 16.1 Å². The van der Waals surface area contributed by atoms with Gasteiger partial charge in [0.2, 0.25) is 11.8 Å². The van der Waals surface area contributed by atoms with Gasteiger partial charge in [-0.3, -0.25) is 19.8 Å². The van der Waals surface area contributed by atoms with Crippen LogP contribution >= 0.6 is 0 Å². The van der Waals surface area contributed by atoms with Crippen molar-refractivity contribution in [2.75, 3.05) is 21.7 Å². The van der Waals surface area contributed by atoms with Crippen molar-refractivity contribution < 1.29 is 35.9 Å². The minimum Gasteiger partial charge on any atom is -0.383 e. The van der Waals surface area contributed by atoms with E-state index in [0.717, 1.165) is 5.69 Å². The summed E-state index contributed by atoms with van der Waals surface area (Å²) in [5.41, 5.74) is 9.72. The van der Waals surface area contributed by atoms with Gasteiger partial charge in [0.25, 0.3) is 0 Å². The van der Waals surface area contributed by atoms with E-state index < -0.39 is 47.8 Å². The highest BCUT2D eigenvalue weighted by Crippen LogP contribution is 2.51. The van der Waals surface area contributed by atoms with Crippen LogP contribution in [0.25, 0.3) is 44.1 Å². The number of nitrogens with one attached hydrogen (secondary N) is 5. The zero-order valence-electron chi connectivity index (χ0n) is 27.9. The third-order valence-electron chi connectivity index (χ3n) is 9.59. The Hall–Kier alpha value is -6.34. The number of aromatic amines is 2. The van der Waals surface area contributed by atoms with Crippen LogP contribution < -0.4 is 21.7 Å². The van der Waals surface area contributed by atoms with Gasteiger partial charge in [0.1, 0.15) is 23.3 Å². The summed E-state index contributed by atoms with van der Waals surface area (Å²) in [5, 5.41) is 24.4. The van der Waals surface area contributed by atoms with Crippen molar-refractivity contribution in [1.29, 1.82) is 0 Å². The Morgan fingerprint density at radius 3 is 1.85 bits per heavy atom. The number of hydrogen-bond donors (Lipinski definition) is 6. The molecule has 0 radical (unpaired) electrons. The summed E-state index contributed by atoms with van der Waals surface area (Å²) in [7, 11) is 0. The highest BCUT2D eigenvalue weighted by atomic mass is 19.4. The lowest BCUT2D eigenvalue weighted by atomic mass is 10.1. The fourth-order valence-corrected chi connectivity index (χ4v) is 6.45. The molecule has 278 valence electrons. The molecule has 8 rings (SSSR count). The number of rotatable bonds is 9. The van der Waals surface area contributed by atoms with Crippen LogP contribution in [-0.4, -0.2) is 64.5 Å².